The van der Waals surface area contributed by atoms with Gasteiger partial charge in [0.1, 0.15) is 12.1 Å². The zero-order valence-corrected chi connectivity index (χ0v) is 13.5. The molecule has 0 fully saturated rings. The lowest BCUT2D eigenvalue weighted by Crippen LogP contribution is -2.03. The molecule has 0 amide bonds. The highest BCUT2D eigenvalue weighted by Crippen LogP contribution is 2.26. The lowest BCUT2D eigenvalue weighted by atomic mass is 10.2. The Hall–Kier alpha value is -3.48. The van der Waals surface area contributed by atoms with Crippen LogP contribution in [0.5, 0.6) is 5.75 Å². The Labute approximate surface area is 143 Å². The Morgan fingerprint density at radius 1 is 1.04 bits per heavy atom. The summed E-state index contributed by atoms with van der Waals surface area (Å²) in [6, 6.07) is 17.3. The van der Waals surface area contributed by atoms with Crippen LogP contribution in [-0.4, -0.2) is 25.2 Å². The summed E-state index contributed by atoms with van der Waals surface area (Å²) in [6.45, 7) is 1.90. The second-order valence-electron chi connectivity index (χ2n) is 5.44. The minimum atomic E-state index is -0.309. The van der Waals surface area contributed by atoms with Crippen LogP contribution in [0.3, 0.4) is 0 Å². The molecule has 4 aromatic rings. The first kappa shape index (κ1) is 15.1. The van der Waals surface area contributed by atoms with Gasteiger partial charge in [0.05, 0.1) is 11.9 Å². The number of hydrogen-bond acceptors (Lipinski definition) is 6. The first-order valence-electron chi connectivity index (χ1n) is 7.81. The van der Waals surface area contributed by atoms with E-state index in [0.717, 1.165) is 17.0 Å². The van der Waals surface area contributed by atoms with Crippen LogP contribution in [-0.2, 0) is 0 Å². The number of aromatic nitrogens is 5. The van der Waals surface area contributed by atoms with Crippen molar-refractivity contribution in [2.75, 3.05) is 0 Å². The molecule has 124 valence electrons. The van der Waals surface area contributed by atoms with Gasteiger partial charge in [0, 0.05) is 5.56 Å². The van der Waals surface area contributed by atoms with Crippen LogP contribution < -0.4 is 4.74 Å². The average Bonchev–Trinajstić information content (AvgIpc) is 3.35. The van der Waals surface area contributed by atoms with Crippen molar-refractivity contribution in [3.05, 3.63) is 73.0 Å². The lowest BCUT2D eigenvalue weighted by molar-refractivity contribution is 0.190. The fourth-order valence-electron chi connectivity index (χ4n) is 2.42. The van der Waals surface area contributed by atoms with Gasteiger partial charge in [0.25, 0.3) is 0 Å². The Morgan fingerprint density at radius 3 is 2.56 bits per heavy atom. The van der Waals surface area contributed by atoms with Gasteiger partial charge in [-0.2, -0.15) is 0 Å². The lowest BCUT2D eigenvalue weighted by Gasteiger charge is -2.11. The predicted octanol–water partition coefficient (Wildman–Crippen LogP) is 3.46. The number of hydrogen-bond donors (Lipinski definition) is 0. The largest absolute Gasteiger partial charge is 0.481 e. The molecule has 2 heterocycles. The van der Waals surface area contributed by atoms with Gasteiger partial charge >= 0.3 is 0 Å². The van der Waals surface area contributed by atoms with Gasteiger partial charge in [0.2, 0.25) is 5.89 Å². The second kappa shape index (κ2) is 6.56. The van der Waals surface area contributed by atoms with Crippen molar-refractivity contribution >= 4 is 0 Å². The molecule has 4 rings (SSSR count). The molecular formula is C18H15N5O2. The van der Waals surface area contributed by atoms with E-state index < -0.39 is 0 Å². The minimum Gasteiger partial charge on any atom is -0.481 e. The number of benzene rings is 2. The van der Waals surface area contributed by atoms with E-state index >= 15 is 0 Å². The second-order valence-corrected chi connectivity index (χ2v) is 5.44. The van der Waals surface area contributed by atoms with Crippen molar-refractivity contribution in [3.8, 4) is 22.8 Å². The first-order chi connectivity index (χ1) is 12.3. The van der Waals surface area contributed by atoms with Crippen molar-refractivity contribution in [2.24, 2.45) is 0 Å². The fraction of sp³-hybridized carbons (Fsp3) is 0.111. The van der Waals surface area contributed by atoms with Gasteiger partial charge in [-0.15, -0.1) is 5.10 Å². The van der Waals surface area contributed by atoms with Crippen LogP contribution in [0.2, 0.25) is 0 Å². The van der Waals surface area contributed by atoms with Gasteiger partial charge < -0.3 is 9.15 Å². The smallest absolute Gasteiger partial charge is 0.235 e. The van der Waals surface area contributed by atoms with E-state index in [4.69, 9.17) is 9.15 Å². The zero-order valence-electron chi connectivity index (χ0n) is 13.5. The maximum absolute atomic E-state index is 5.90. The van der Waals surface area contributed by atoms with Crippen LogP contribution in [0, 0.1) is 0 Å². The summed E-state index contributed by atoms with van der Waals surface area (Å²) < 4.78 is 13.3. The van der Waals surface area contributed by atoms with Crippen LogP contribution >= 0.6 is 0 Å². The van der Waals surface area contributed by atoms with Crippen LogP contribution in [0.25, 0.3) is 17.0 Å². The van der Waals surface area contributed by atoms with Crippen LogP contribution in [0.4, 0.5) is 0 Å². The molecule has 7 nitrogen and oxygen atoms in total. The number of oxazole rings is 1. The third kappa shape index (κ3) is 3.25. The Kier molecular flexibility index (Phi) is 3.96. The standard InChI is InChI=1S/C18H15N5O2/c1-13(18-19-11-17(25-18)14-5-3-2-4-6-14)24-16-9-7-15(8-10-16)23-12-20-21-22-23/h2-13H,1H3/t13-/m0/s1. The van der Waals surface area contributed by atoms with E-state index in [0.29, 0.717) is 11.6 Å². The van der Waals surface area contributed by atoms with Gasteiger partial charge in [-0.25, -0.2) is 9.67 Å². The summed E-state index contributed by atoms with van der Waals surface area (Å²) in [7, 11) is 0. The summed E-state index contributed by atoms with van der Waals surface area (Å²) in [4.78, 5) is 4.32. The number of ether oxygens (including phenoxy) is 1. The van der Waals surface area contributed by atoms with Gasteiger partial charge in [0.15, 0.2) is 11.9 Å². The topological polar surface area (TPSA) is 78.9 Å². The molecule has 0 aliphatic heterocycles. The van der Waals surface area contributed by atoms with Crippen LogP contribution in [0.1, 0.15) is 18.9 Å². The summed E-state index contributed by atoms with van der Waals surface area (Å²) in [5, 5.41) is 11.1. The molecule has 0 unspecified atom stereocenters. The summed E-state index contributed by atoms with van der Waals surface area (Å²) in [5.74, 6) is 1.97. The molecule has 0 bridgehead atoms. The first-order valence-corrected chi connectivity index (χ1v) is 7.81. The average molecular weight is 333 g/mol. The Bertz CT molecular complexity index is 933. The summed E-state index contributed by atoms with van der Waals surface area (Å²) in [6.07, 6.45) is 2.94. The van der Waals surface area contributed by atoms with Crippen molar-refractivity contribution in [3.63, 3.8) is 0 Å². The van der Waals surface area contributed by atoms with Gasteiger partial charge in [-0.3, -0.25) is 0 Å². The quantitative estimate of drug-likeness (QED) is 0.556. The van der Waals surface area contributed by atoms with Crippen molar-refractivity contribution in [2.45, 2.75) is 13.0 Å². The molecule has 2 aromatic heterocycles. The molecular weight excluding hydrogens is 318 g/mol. The molecule has 2 aromatic carbocycles. The molecule has 0 spiro atoms. The maximum Gasteiger partial charge on any atom is 0.235 e. The van der Waals surface area contributed by atoms with Crippen molar-refractivity contribution < 1.29 is 9.15 Å². The monoisotopic (exact) mass is 333 g/mol. The third-order valence-corrected chi connectivity index (χ3v) is 3.69. The van der Waals surface area contributed by atoms with E-state index in [1.54, 1.807) is 10.9 Å². The molecule has 0 saturated heterocycles. The Balaban J connectivity index is 1.47. The third-order valence-electron chi connectivity index (χ3n) is 3.69. The number of tetrazole rings is 1. The fourth-order valence-corrected chi connectivity index (χ4v) is 2.42. The van der Waals surface area contributed by atoms with Crippen molar-refractivity contribution in [1.29, 1.82) is 0 Å². The molecule has 0 aliphatic rings. The highest BCUT2D eigenvalue weighted by molar-refractivity contribution is 5.55. The minimum absolute atomic E-state index is 0.309. The summed E-state index contributed by atoms with van der Waals surface area (Å²) >= 11 is 0. The zero-order chi connectivity index (χ0) is 17.1. The molecule has 25 heavy (non-hydrogen) atoms. The van der Waals surface area contributed by atoms with Crippen molar-refractivity contribution in [1.82, 2.24) is 25.2 Å². The highest BCUT2D eigenvalue weighted by atomic mass is 16.5. The Morgan fingerprint density at radius 2 is 1.84 bits per heavy atom. The van der Waals surface area contributed by atoms with E-state index in [1.165, 1.54) is 6.33 Å². The maximum atomic E-state index is 5.90. The predicted molar refractivity (Wildman–Crippen MR) is 90.1 cm³/mol. The van der Waals surface area contributed by atoms with E-state index in [9.17, 15) is 0 Å². The number of nitrogens with zero attached hydrogens (tertiary/aromatic N) is 5. The number of rotatable bonds is 5. The van der Waals surface area contributed by atoms with E-state index in [2.05, 4.69) is 20.5 Å². The molecule has 0 radical (unpaired) electrons. The molecule has 0 N–H and O–H groups in total. The van der Waals surface area contributed by atoms with Crippen LogP contribution in [0.15, 0.2) is 71.5 Å². The SMILES string of the molecule is C[C@H](Oc1ccc(-n2cnnn2)cc1)c1ncc(-c2ccccc2)o1. The summed E-state index contributed by atoms with van der Waals surface area (Å²) in [5.41, 5.74) is 1.84. The molecule has 7 heteroatoms. The van der Waals surface area contributed by atoms with Gasteiger partial charge in [-0.1, -0.05) is 30.3 Å². The molecule has 0 aliphatic carbocycles. The van der Waals surface area contributed by atoms with E-state index in [1.807, 2.05) is 61.5 Å². The molecule has 0 saturated carbocycles. The molecule has 1 atom stereocenters. The highest BCUT2D eigenvalue weighted by Gasteiger charge is 2.15. The van der Waals surface area contributed by atoms with Gasteiger partial charge in [-0.05, 0) is 41.6 Å². The normalized spacial score (nSPS) is 12.0. The van der Waals surface area contributed by atoms with E-state index in [-0.39, 0.29) is 6.10 Å².